The number of anilines is 1. The van der Waals surface area contributed by atoms with E-state index in [0.717, 1.165) is 36.6 Å². The van der Waals surface area contributed by atoms with Crippen molar-refractivity contribution in [2.75, 3.05) is 4.72 Å². The molecule has 0 atom stereocenters. The van der Waals surface area contributed by atoms with Crippen LogP contribution in [0.25, 0.3) is 11.4 Å². The molecule has 26 heavy (non-hydrogen) atoms. The maximum atomic E-state index is 12.6. The van der Waals surface area contributed by atoms with E-state index in [1.54, 1.807) is 18.2 Å². The molecule has 1 N–H and O–H groups in total. The number of hydrogen-bond donors (Lipinski definition) is 1. The fourth-order valence-corrected chi connectivity index (χ4v) is 4.38. The van der Waals surface area contributed by atoms with Gasteiger partial charge in [-0.15, -0.1) is 10.2 Å². The zero-order valence-corrected chi connectivity index (χ0v) is 15.8. The Labute approximate surface area is 160 Å². The lowest BCUT2D eigenvalue weighted by atomic mass is 10.2. The Morgan fingerprint density at radius 2 is 1.88 bits per heavy atom. The number of nitrogens with zero attached hydrogens (tertiary/aromatic N) is 3. The predicted octanol–water partition coefficient (Wildman–Crippen LogP) is 4.00. The van der Waals surface area contributed by atoms with Gasteiger partial charge in [-0.05, 0) is 36.8 Å². The van der Waals surface area contributed by atoms with Gasteiger partial charge in [0.05, 0.1) is 14.9 Å². The minimum atomic E-state index is -3.79. The first kappa shape index (κ1) is 17.3. The Morgan fingerprint density at radius 3 is 2.69 bits per heavy atom. The Hall–Kier alpha value is -2.09. The van der Waals surface area contributed by atoms with Crippen LogP contribution >= 0.6 is 23.2 Å². The average Bonchev–Trinajstić information content (AvgIpc) is 3.20. The summed E-state index contributed by atoms with van der Waals surface area (Å²) in [7, 11) is -3.79. The molecule has 0 amide bonds. The maximum absolute atomic E-state index is 12.6. The summed E-state index contributed by atoms with van der Waals surface area (Å²) < 4.78 is 29.8. The summed E-state index contributed by atoms with van der Waals surface area (Å²) in [6.45, 7) is 0.872. The summed E-state index contributed by atoms with van der Waals surface area (Å²) in [6, 6.07) is 11.3. The topological polar surface area (TPSA) is 76.9 Å². The van der Waals surface area contributed by atoms with Gasteiger partial charge >= 0.3 is 0 Å². The first-order valence-corrected chi connectivity index (χ1v) is 10.2. The summed E-state index contributed by atoms with van der Waals surface area (Å²) in [4.78, 5) is 0.0423. The zero-order valence-electron chi connectivity index (χ0n) is 13.5. The molecule has 0 radical (unpaired) electrons. The molecule has 2 aromatic carbocycles. The molecule has 1 aromatic heterocycles. The van der Waals surface area contributed by atoms with E-state index in [1.165, 1.54) is 18.2 Å². The van der Waals surface area contributed by atoms with Crippen LogP contribution in [0.5, 0.6) is 0 Å². The highest BCUT2D eigenvalue weighted by atomic mass is 35.5. The van der Waals surface area contributed by atoms with Crippen LogP contribution in [0.3, 0.4) is 0 Å². The third-order valence-corrected chi connectivity index (χ3v) is 6.30. The average molecular weight is 409 g/mol. The Kier molecular flexibility index (Phi) is 4.38. The van der Waals surface area contributed by atoms with E-state index < -0.39 is 10.0 Å². The Bertz CT molecular complexity index is 1100. The second kappa shape index (κ2) is 6.57. The van der Waals surface area contributed by atoms with Crippen LogP contribution in [0.4, 0.5) is 5.69 Å². The van der Waals surface area contributed by atoms with E-state index in [9.17, 15) is 8.42 Å². The third-order valence-electron chi connectivity index (χ3n) is 4.18. The number of rotatable bonds is 4. The highest BCUT2D eigenvalue weighted by molar-refractivity contribution is 7.92. The highest BCUT2D eigenvalue weighted by Crippen LogP contribution is 2.28. The summed E-state index contributed by atoms with van der Waals surface area (Å²) >= 11 is 11.8. The molecule has 1 aliphatic heterocycles. The van der Waals surface area contributed by atoms with E-state index in [1.807, 2.05) is 6.07 Å². The smallest absolute Gasteiger partial charge is 0.261 e. The summed E-state index contributed by atoms with van der Waals surface area (Å²) in [6.07, 6.45) is 1.96. The molecule has 0 aliphatic carbocycles. The van der Waals surface area contributed by atoms with Crippen molar-refractivity contribution in [2.24, 2.45) is 0 Å². The van der Waals surface area contributed by atoms with Crippen molar-refractivity contribution in [3.63, 3.8) is 0 Å². The van der Waals surface area contributed by atoms with Crippen LogP contribution in [0.1, 0.15) is 12.2 Å². The van der Waals surface area contributed by atoms with Gasteiger partial charge in [-0.25, -0.2) is 8.42 Å². The van der Waals surface area contributed by atoms with Gasteiger partial charge in [0.1, 0.15) is 5.82 Å². The molecule has 3 aromatic rings. The van der Waals surface area contributed by atoms with Crippen molar-refractivity contribution in [1.29, 1.82) is 0 Å². The number of halogens is 2. The van der Waals surface area contributed by atoms with Crippen LogP contribution < -0.4 is 4.72 Å². The summed E-state index contributed by atoms with van der Waals surface area (Å²) in [5.74, 6) is 1.70. The molecule has 0 spiro atoms. The van der Waals surface area contributed by atoms with Gasteiger partial charge in [-0.3, -0.25) is 4.72 Å². The normalized spacial score (nSPS) is 13.6. The maximum Gasteiger partial charge on any atom is 0.261 e. The SMILES string of the molecule is O=S(=O)(Nc1cccc(-c2nnc3n2CCC3)c1)c1ccc(Cl)c(Cl)c1. The third kappa shape index (κ3) is 3.18. The van der Waals surface area contributed by atoms with Crippen molar-refractivity contribution in [2.45, 2.75) is 24.3 Å². The molecular weight excluding hydrogens is 395 g/mol. The molecule has 9 heteroatoms. The number of nitrogens with one attached hydrogen (secondary N) is 1. The largest absolute Gasteiger partial charge is 0.311 e. The lowest BCUT2D eigenvalue weighted by Gasteiger charge is -2.10. The molecule has 134 valence electrons. The van der Waals surface area contributed by atoms with Gasteiger partial charge in [0.15, 0.2) is 5.82 Å². The molecular formula is C17H14Cl2N4O2S. The molecule has 4 rings (SSSR count). The van der Waals surface area contributed by atoms with Crippen molar-refractivity contribution < 1.29 is 8.42 Å². The summed E-state index contributed by atoms with van der Waals surface area (Å²) in [5.41, 5.74) is 1.24. The highest BCUT2D eigenvalue weighted by Gasteiger charge is 2.20. The molecule has 2 heterocycles. The van der Waals surface area contributed by atoms with Crippen molar-refractivity contribution >= 4 is 38.9 Å². The number of hydrogen-bond acceptors (Lipinski definition) is 4. The summed E-state index contributed by atoms with van der Waals surface area (Å²) in [5, 5.41) is 8.90. The van der Waals surface area contributed by atoms with Crippen LogP contribution in [-0.4, -0.2) is 23.2 Å². The van der Waals surface area contributed by atoms with Gasteiger partial charge < -0.3 is 4.57 Å². The number of benzene rings is 2. The Balaban J connectivity index is 1.65. The van der Waals surface area contributed by atoms with Crippen LogP contribution in [0.15, 0.2) is 47.4 Å². The van der Waals surface area contributed by atoms with Crippen LogP contribution in [0, 0.1) is 0 Å². The minimum Gasteiger partial charge on any atom is -0.311 e. The van der Waals surface area contributed by atoms with Crippen molar-refractivity contribution in [3.05, 3.63) is 58.3 Å². The molecule has 0 saturated carbocycles. The van der Waals surface area contributed by atoms with Gasteiger partial charge in [0.2, 0.25) is 0 Å². The molecule has 0 saturated heterocycles. The van der Waals surface area contributed by atoms with Gasteiger partial charge in [0, 0.05) is 24.2 Å². The molecule has 0 fully saturated rings. The quantitative estimate of drug-likeness (QED) is 0.707. The van der Waals surface area contributed by atoms with Crippen molar-refractivity contribution in [3.8, 4) is 11.4 Å². The van der Waals surface area contributed by atoms with E-state index in [-0.39, 0.29) is 9.92 Å². The van der Waals surface area contributed by atoms with E-state index in [4.69, 9.17) is 23.2 Å². The minimum absolute atomic E-state index is 0.0423. The first-order chi connectivity index (χ1) is 12.4. The fourth-order valence-electron chi connectivity index (χ4n) is 2.94. The predicted molar refractivity (Wildman–Crippen MR) is 101 cm³/mol. The van der Waals surface area contributed by atoms with E-state index in [2.05, 4.69) is 19.5 Å². The van der Waals surface area contributed by atoms with E-state index >= 15 is 0 Å². The first-order valence-electron chi connectivity index (χ1n) is 7.94. The van der Waals surface area contributed by atoms with E-state index in [0.29, 0.717) is 10.7 Å². The number of aryl methyl sites for hydroxylation is 1. The monoisotopic (exact) mass is 408 g/mol. The molecule has 6 nitrogen and oxygen atoms in total. The molecule has 1 aliphatic rings. The van der Waals surface area contributed by atoms with Crippen LogP contribution in [-0.2, 0) is 23.0 Å². The standard InChI is InChI=1S/C17H14Cl2N4O2S/c18-14-7-6-13(10-15(14)19)26(24,25)22-12-4-1-3-11(9-12)17-21-20-16-5-2-8-23(16)17/h1,3-4,6-7,9-10,22H,2,5,8H2. The second-order valence-corrected chi connectivity index (χ2v) is 8.45. The molecule has 0 unspecified atom stereocenters. The zero-order chi connectivity index (χ0) is 18.3. The Morgan fingerprint density at radius 1 is 1.04 bits per heavy atom. The fraction of sp³-hybridized carbons (Fsp3) is 0.176. The number of fused-ring (bicyclic) bond motifs is 1. The van der Waals surface area contributed by atoms with Gasteiger partial charge in [0.25, 0.3) is 10.0 Å². The lowest BCUT2D eigenvalue weighted by Crippen LogP contribution is -2.13. The number of aromatic nitrogens is 3. The van der Waals surface area contributed by atoms with Gasteiger partial charge in [-0.2, -0.15) is 0 Å². The van der Waals surface area contributed by atoms with Gasteiger partial charge in [-0.1, -0.05) is 35.3 Å². The second-order valence-electron chi connectivity index (χ2n) is 5.96. The lowest BCUT2D eigenvalue weighted by molar-refractivity contribution is 0.601. The number of sulfonamides is 1. The van der Waals surface area contributed by atoms with Crippen LogP contribution in [0.2, 0.25) is 10.0 Å². The van der Waals surface area contributed by atoms with Crippen molar-refractivity contribution in [1.82, 2.24) is 14.8 Å². The molecule has 0 bridgehead atoms.